The molecule has 0 fully saturated rings. The van der Waals surface area contributed by atoms with Crippen molar-refractivity contribution in [1.29, 1.82) is 0 Å². The Balaban J connectivity index is 1.84. The van der Waals surface area contributed by atoms with E-state index in [9.17, 15) is 9.90 Å². The van der Waals surface area contributed by atoms with Gasteiger partial charge in [0, 0.05) is 35.0 Å². The molecule has 9 nitrogen and oxygen atoms in total. The first-order valence-electron chi connectivity index (χ1n) is 12.9. The number of nitrogens with one attached hydrogen (secondary N) is 1. The van der Waals surface area contributed by atoms with Crippen molar-refractivity contribution < 1.29 is 24.3 Å². The maximum absolute atomic E-state index is 11.2. The maximum Gasteiger partial charge on any atom is 0.258 e. The van der Waals surface area contributed by atoms with Crippen molar-refractivity contribution >= 4 is 5.91 Å². The molecule has 0 bridgehead atoms. The zero-order chi connectivity index (χ0) is 26.9. The third-order valence-corrected chi connectivity index (χ3v) is 6.28. The van der Waals surface area contributed by atoms with Gasteiger partial charge in [-0.05, 0) is 68.5 Å². The Labute approximate surface area is 218 Å². The number of hydrogen-bond donors (Lipinski definition) is 3. The average Bonchev–Trinajstić information content (AvgIpc) is 3.38. The van der Waals surface area contributed by atoms with Crippen molar-refractivity contribution in [2.45, 2.75) is 72.3 Å². The van der Waals surface area contributed by atoms with Crippen molar-refractivity contribution in [1.82, 2.24) is 20.4 Å². The van der Waals surface area contributed by atoms with Crippen molar-refractivity contribution in [3.05, 3.63) is 46.8 Å². The number of amides is 1. The Bertz CT molecular complexity index is 1190. The molecule has 0 aliphatic rings. The van der Waals surface area contributed by atoms with E-state index in [0.29, 0.717) is 23.4 Å². The first-order chi connectivity index (χ1) is 17.8. The van der Waals surface area contributed by atoms with E-state index in [1.807, 2.05) is 38.1 Å². The number of ether oxygens (including phenoxy) is 1. The number of benzene rings is 1. The summed E-state index contributed by atoms with van der Waals surface area (Å²) in [5, 5.41) is 25.6. The number of rotatable bonds is 13. The quantitative estimate of drug-likeness (QED) is 0.313. The number of aliphatic hydroxyl groups is 2. The second-order valence-corrected chi connectivity index (χ2v) is 9.32. The summed E-state index contributed by atoms with van der Waals surface area (Å²) in [6.45, 7) is 9.72. The molecular formula is C28H38N4O5. The standard InChI is InChI=1S/C28H38N4O5/c1-6-9-20-12-21(10-17(4)26(20)36-16-23(34)14-29-25(35)15-33)27-31-28(37-32-27)22-11-18(5)30-24(13-22)19(7-2)8-3/h10-13,19,23,33-34H,6-9,14-16H2,1-5H3,(H,29,35). The SMILES string of the molecule is CCCc1cc(-c2noc(-c3cc(C)nc(C(CC)CC)c3)n2)cc(C)c1OCC(O)CNC(=O)CO. The third kappa shape index (κ3) is 7.36. The molecule has 1 amide bonds. The van der Waals surface area contributed by atoms with E-state index < -0.39 is 18.6 Å². The van der Waals surface area contributed by atoms with Gasteiger partial charge in [-0.1, -0.05) is 32.3 Å². The van der Waals surface area contributed by atoms with Gasteiger partial charge in [0.2, 0.25) is 11.7 Å². The van der Waals surface area contributed by atoms with Gasteiger partial charge in [-0.25, -0.2) is 0 Å². The van der Waals surface area contributed by atoms with Crippen LogP contribution >= 0.6 is 0 Å². The molecule has 1 atom stereocenters. The minimum atomic E-state index is -0.905. The molecule has 0 radical (unpaired) electrons. The van der Waals surface area contributed by atoms with Gasteiger partial charge in [0.05, 0.1) is 0 Å². The van der Waals surface area contributed by atoms with E-state index in [2.05, 4.69) is 31.2 Å². The van der Waals surface area contributed by atoms with Crippen LogP contribution in [0.4, 0.5) is 0 Å². The molecule has 37 heavy (non-hydrogen) atoms. The van der Waals surface area contributed by atoms with E-state index >= 15 is 0 Å². The zero-order valence-corrected chi connectivity index (χ0v) is 22.4. The Hall–Kier alpha value is -3.30. The molecule has 1 aromatic carbocycles. The molecule has 0 spiro atoms. The predicted molar refractivity (Wildman–Crippen MR) is 141 cm³/mol. The molecule has 200 valence electrons. The molecule has 2 aromatic heterocycles. The minimum Gasteiger partial charge on any atom is -0.490 e. The number of pyridine rings is 1. The van der Waals surface area contributed by atoms with Crippen molar-refractivity contribution in [2.75, 3.05) is 19.8 Å². The highest BCUT2D eigenvalue weighted by Crippen LogP contribution is 2.32. The van der Waals surface area contributed by atoms with Crippen molar-refractivity contribution in [3.8, 4) is 28.6 Å². The molecule has 3 aromatic rings. The van der Waals surface area contributed by atoms with Gasteiger partial charge in [-0.15, -0.1) is 0 Å². The van der Waals surface area contributed by atoms with E-state index in [-0.39, 0.29) is 13.2 Å². The molecule has 3 rings (SSSR count). The first-order valence-corrected chi connectivity index (χ1v) is 12.9. The summed E-state index contributed by atoms with van der Waals surface area (Å²) in [5.74, 6) is 1.49. The van der Waals surface area contributed by atoms with Gasteiger partial charge in [0.15, 0.2) is 0 Å². The monoisotopic (exact) mass is 510 g/mol. The largest absolute Gasteiger partial charge is 0.490 e. The molecule has 0 saturated heterocycles. The van der Waals surface area contributed by atoms with Crippen LogP contribution in [-0.4, -0.2) is 57.1 Å². The van der Waals surface area contributed by atoms with E-state index in [0.717, 1.165) is 59.3 Å². The summed E-state index contributed by atoms with van der Waals surface area (Å²) < 4.78 is 11.6. The Morgan fingerprint density at radius 2 is 1.84 bits per heavy atom. The van der Waals surface area contributed by atoms with Crippen LogP contribution in [0.3, 0.4) is 0 Å². The number of carbonyl (C=O) groups excluding carboxylic acids is 1. The summed E-state index contributed by atoms with van der Waals surface area (Å²) in [7, 11) is 0. The van der Waals surface area contributed by atoms with Crippen LogP contribution in [0.1, 0.15) is 68.5 Å². The predicted octanol–water partition coefficient (Wildman–Crippen LogP) is 4.12. The lowest BCUT2D eigenvalue weighted by molar-refractivity contribution is -0.124. The topological polar surface area (TPSA) is 131 Å². The molecule has 0 aliphatic carbocycles. The van der Waals surface area contributed by atoms with Gasteiger partial charge < -0.3 is 24.8 Å². The van der Waals surface area contributed by atoms with Crippen LogP contribution in [0.25, 0.3) is 22.8 Å². The smallest absolute Gasteiger partial charge is 0.258 e. The Morgan fingerprint density at radius 1 is 1.08 bits per heavy atom. The second-order valence-electron chi connectivity index (χ2n) is 9.32. The number of aryl methyl sites for hydroxylation is 3. The average molecular weight is 511 g/mol. The van der Waals surface area contributed by atoms with Gasteiger partial charge >= 0.3 is 0 Å². The lowest BCUT2D eigenvalue weighted by atomic mass is 9.97. The Morgan fingerprint density at radius 3 is 2.51 bits per heavy atom. The Kier molecular flexibility index (Phi) is 10.2. The first kappa shape index (κ1) is 28.3. The van der Waals surface area contributed by atoms with Gasteiger partial charge in [-0.2, -0.15) is 4.98 Å². The van der Waals surface area contributed by atoms with Crippen molar-refractivity contribution in [2.24, 2.45) is 0 Å². The summed E-state index contributed by atoms with van der Waals surface area (Å²) >= 11 is 0. The number of aromatic nitrogens is 3. The number of nitrogens with zero attached hydrogens (tertiary/aromatic N) is 3. The second kappa shape index (κ2) is 13.3. The summed E-state index contributed by atoms with van der Waals surface area (Å²) in [4.78, 5) is 20.6. The van der Waals surface area contributed by atoms with E-state index in [1.54, 1.807) is 0 Å². The molecule has 9 heteroatoms. The lowest BCUT2D eigenvalue weighted by Gasteiger charge is -2.18. The zero-order valence-electron chi connectivity index (χ0n) is 22.4. The fourth-order valence-corrected chi connectivity index (χ4v) is 4.36. The van der Waals surface area contributed by atoms with Crippen LogP contribution in [0.15, 0.2) is 28.8 Å². The molecule has 0 aliphatic heterocycles. The van der Waals surface area contributed by atoms with Crippen LogP contribution in [0, 0.1) is 13.8 Å². The third-order valence-electron chi connectivity index (χ3n) is 6.28. The number of aliphatic hydroxyl groups excluding tert-OH is 2. The number of hydrogen-bond acceptors (Lipinski definition) is 8. The van der Waals surface area contributed by atoms with Crippen LogP contribution < -0.4 is 10.1 Å². The normalized spacial score (nSPS) is 12.1. The van der Waals surface area contributed by atoms with Gasteiger partial charge in [-0.3, -0.25) is 9.78 Å². The summed E-state index contributed by atoms with van der Waals surface area (Å²) in [6.07, 6.45) is 2.81. The molecule has 2 heterocycles. The molecule has 3 N–H and O–H groups in total. The van der Waals surface area contributed by atoms with E-state index in [4.69, 9.17) is 24.3 Å². The summed E-state index contributed by atoms with van der Waals surface area (Å²) in [6, 6.07) is 7.94. The molecular weight excluding hydrogens is 472 g/mol. The fraction of sp³-hybridized carbons (Fsp3) is 0.500. The van der Waals surface area contributed by atoms with Crippen molar-refractivity contribution in [3.63, 3.8) is 0 Å². The van der Waals surface area contributed by atoms with E-state index in [1.165, 1.54) is 0 Å². The van der Waals surface area contributed by atoms with Gasteiger partial charge in [0.1, 0.15) is 25.1 Å². The van der Waals surface area contributed by atoms with Gasteiger partial charge in [0.25, 0.3) is 5.89 Å². The van der Waals surface area contributed by atoms with Crippen LogP contribution in [0.5, 0.6) is 5.75 Å². The highest BCUT2D eigenvalue weighted by atomic mass is 16.5. The maximum atomic E-state index is 11.2. The highest BCUT2D eigenvalue weighted by Gasteiger charge is 2.18. The highest BCUT2D eigenvalue weighted by molar-refractivity contribution is 5.76. The van der Waals surface area contributed by atoms with Crippen LogP contribution in [0.2, 0.25) is 0 Å². The summed E-state index contributed by atoms with van der Waals surface area (Å²) in [5.41, 5.74) is 5.51. The number of carbonyl (C=O) groups is 1. The lowest BCUT2D eigenvalue weighted by Crippen LogP contribution is -2.36. The van der Waals surface area contributed by atoms with Crippen LogP contribution in [-0.2, 0) is 11.2 Å². The fourth-order valence-electron chi connectivity index (χ4n) is 4.36. The molecule has 1 unspecified atom stereocenters. The molecule has 0 saturated carbocycles. The minimum absolute atomic E-state index is 0.00126.